The largest absolute Gasteiger partial charge is 0.480 e. The number of fused-ring (bicyclic) bond motifs is 1. The summed E-state index contributed by atoms with van der Waals surface area (Å²) in [5.74, 6) is -0.0357. The first-order valence-electron chi connectivity index (χ1n) is 7.01. The zero-order chi connectivity index (χ0) is 15.2. The number of carbonyl (C=O) groups excluding carboxylic acids is 1. The molecule has 0 bridgehead atoms. The van der Waals surface area contributed by atoms with Gasteiger partial charge in [0, 0.05) is 0 Å². The van der Waals surface area contributed by atoms with Gasteiger partial charge >= 0.3 is 5.97 Å². The summed E-state index contributed by atoms with van der Waals surface area (Å²) in [5, 5.41) is 11.6. The van der Waals surface area contributed by atoms with E-state index in [0.717, 1.165) is 18.4 Å². The molecule has 1 amide bonds. The van der Waals surface area contributed by atoms with E-state index in [1.807, 2.05) is 6.92 Å². The number of amides is 1. The Morgan fingerprint density at radius 2 is 2.10 bits per heavy atom. The maximum absolute atomic E-state index is 11.9. The van der Waals surface area contributed by atoms with Crippen LogP contribution in [0.2, 0.25) is 0 Å². The van der Waals surface area contributed by atoms with Crippen LogP contribution >= 0.6 is 0 Å². The molecule has 2 rings (SSSR count). The second-order valence-electron chi connectivity index (χ2n) is 4.96. The van der Waals surface area contributed by atoms with Crippen LogP contribution in [0.5, 0.6) is 11.5 Å². The van der Waals surface area contributed by atoms with Crippen molar-refractivity contribution in [1.82, 2.24) is 5.32 Å². The van der Waals surface area contributed by atoms with Crippen LogP contribution in [-0.2, 0) is 16.0 Å². The highest BCUT2D eigenvalue weighted by molar-refractivity contribution is 5.84. The molecule has 0 aliphatic carbocycles. The van der Waals surface area contributed by atoms with Gasteiger partial charge in [-0.05, 0) is 24.1 Å². The number of ether oxygens (including phenoxy) is 2. The molecule has 114 valence electrons. The molecule has 0 saturated heterocycles. The predicted molar refractivity (Wildman–Crippen MR) is 75.4 cm³/mol. The van der Waals surface area contributed by atoms with Crippen molar-refractivity contribution in [2.24, 2.45) is 0 Å². The minimum atomic E-state index is -0.998. The second kappa shape index (κ2) is 6.97. The molecular formula is C15H19NO5. The summed E-state index contributed by atoms with van der Waals surface area (Å²) in [5.41, 5.74) is 0.761. The number of hydrogen-bond acceptors (Lipinski definition) is 4. The lowest BCUT2D eigenvalue weighted by Gasteiger charge is -2.14. The van der Waals surface area contributed by atoms with Gasteiger partial charge in [0.2, 0.25) is 12.7 Å². The number of benzene rings is 1. The van der Waals surface area contributed by atoms with Crippen molar-refractivity contribution in [3.05, 3.63) is 23.8 Å². The quantitative estimate of drug-likeness (QED) is 0.799. The maximum Gasteiger partial charge on any atom is 0.326 e. The summed E-state index contributed by atoms with van der Waals surface area (Å²) >= 11 is 0. The lowest BCUT2D eigenvalue weighted by atomic mass is 10.1. The van der Waals surface area contributed by atoms with Gasteiger partial charge in [-0.2, -0.15) is 0 Å². The fourth-order valence-electron chi connectivity index (χ4n) is 2.15. The van der Waals surface area contributed by atoms with Crippen molar-refractivity contribution in [3.63, 3.8) is 0 Å². The topological polar surface area (TPSA) is 84.9 Å². The minimum absolute atomic E-state index is 0.118. The van der Waals surface area contributed by atoms with Crippen molar-refractivity contribution >= 4 is 11.9 Å². The van der Waals surface area contributed by atoms with Gasteiger partial charge < -0.3 is 19.9 Å². The van der Waals surface area contributed by atoms with Gasteiger partial charge in [0.25, 0.3) is 0 Å². The number of hydrogen-bond donors (Lipinski definition) is 2. The van der Waals surface area contributed by atoms with Gasteiger partial charge in [-0.1, -0.05) is 25.8 Å². The third-order valence-corrected chi connectivity index (χ3v) is 3.28. The van der Waals surface area contributed by atoms with Crippen LogP contribution in [0, 0.1) is 0 Å². The number of nitrogens with one attached hydrogen (secondary N) is 1. The fraction of sp³-hybridized carbons (Fsp3) is 0.467. The molecule has 2 N–H and O–H groups in total. The van der Waals surface area contributed by atoms with Crippen molar-refractivity contribution in [1.29, 1.82) is 0 Å². The number of carboxylic acid groups (broad SMARTS) is 1. The normalized spacial score (nSPS) is 13.8. The molecule has 1 atom stereocenters. The first-order valence-corrected chi connectivity index (χ1v) is 7.01. The molecule has 0 saturated carbocycles. The van der Waals surface area contributed by atoms with E-state index in [1.54, 1.807) is 18.2 Å². The Morgan fingerprint density at radius 3 is 2.81 bits per heavy atom. The van der Waals surface area contributed by atoms with Gasteiger partial charge in [-0.15, -0.1) is 0 Å². The average molecular weight is 293 g/mol. The van der Waals surface area contributed by atoms with E-state index in [9.17, 15) is 9.59 Å². The molecule has 0 aromatic heterocycles. The van der Waals surface area contributed by atoms with E-state index in [2.05, 4.69) is 5.32 Å². The van der Waals surface area contributed by atoms with Gasteiger partial charge in [-0.3, -0.25) is 4.79 Å². The lowest BCUT2D eigenvalue weighted by molar-refractivity contribution is -0.142. The predicted octanol–water partition coefficient (Wildman–Crippen LogP) is 1.72. The van der Waals surface area contributed by atoms with Crippen LogP contribution in [0.15, 0.2) is 18.2 Å². The highest BCUT2D eigenvalue weighted by Crippen LogP contribution is 2.32. The molecule has 0 spiro atoms. The standard InChI is InChI=1S/C15H19NO5/c1-2-3-4-11(15(18)19)16-14(17)8-10-5-6-12-13(7-10)21-9-20-12/h5-7,11H,2-4,8-9H2,1H3,(H,16,17)(H,18,19). The van der Waals surface area contributed by atoms with E-state index in [-0.39, 0.29) is 19.1 Å². The van der Waals surface area contributed by atoms with Gasteiger partial charge in [0.15, 0.2) is 11.5 Å². The highest BCUT2D eigenvalue weighted by Gasteiger charge is 2.20. The smallest absolute Gasteiger partial charge is 0.326 e. The molecule has 1 heterocycles. The molecule has 1 aromatic rings. The van der Waals surface area contributed by atoms with E-state index < -0.39 is 12.0 Å². The first-order chi connectivity index (χ1) is 10.1. The monoisotopic (exact) mass is 293 g/mol. The van der Waals surface area contributed by atoms with Crippen LogP contribution in [0.3, 0.4) is 0 Å². The summed E-state index contributed by atoms with van der Waals surface area (Å²) in [4.78, 5) is 23.0. The molecular weight excluding hydrogens is 274 g/mol. The van der Waals surface area contributed by atoms with Crippen molar-refractivity contribution < 1.29 is 24.2 Å². The third-order valence-electron chi connectivity index (χ3n) is 3.28. The zero-order valence-corrected chi connectivity index (χ0v) is 11.9. The number of unbranched alkanes of at least 4 members (excludes halogenated alkanes) is 1. The van der Waals surface area contributed by atoms with Gasteiger partial charge in [-0.25, -0.2) is 4.79 Å². The molecule has 1 aliphatic rings. The summed E-state index contributed by atoms with van der Waals surface area (Å²) in [6.07, 6.45) is 2.22. The molecule has 1 unspecified atom stereocenters. The summed E-state index contributed by atoms with van der Waals surface area (Å²) in [6.45, 7) is 2.16. The van der Waals surface area contributed by atoms with E-state index in [0.29, 0.717) is 17.9 Å². The summed E-state index contributed by atoms with van der Waals surface area (Å²) in [7, 11) is 0. The van der Waals surface area contributed by atoms with Crippen LogP contribution < -0.4 is 14.8 Å². The van der Waals surface area contributed by atoms with Crippen molar-refractivity contribution in [2.45, 2.75) is 38.6 Å². The summed E-state index contributed by atoms with van der Waals surface area (Å²) < 4.78 is 10.4. The van der Waals surface area contributed by atoms with Gasteiger partial charge in [0.05, 0.1) is 6.42 Å². The highest BCUT2D eigenvalue weighted by atomic mass is 16.7. The van der Waals surface area contributed by atoms with Crippen LogP contribution in [0.25, 0.3) is 0 Å². The molecule has 1 aromatic carbocycles. The fourth-order valence-corrected chi connectivity index (χ4v) is 2.15. The molecule has 21 heavy (non-hydrogen) atoms. The number of aliphatic carboxylic acids is 1. The Morgan fingerprint density at radius 1 is 1.33 bits per heavy atom. The average Bonchev–Trinajstić information content (AvgIpc) is 2.90. The first kappa shape index (κ1) is 15.2. The Balaban J connectivity index is 1.92. The number of carbonyl (C=O) groups is 2. The second-order valence-corrected chi connectivity index (χ2v) is 4.96. The van der Waals surface area contributed by atoms with E-state index in [1.165, 1.54) is 0 Å². The van der Waals surface area contributed by atoms with Crippen molar-refractivity contribution in [3.8, 4) is 11.5 Å². The maximum atomic E-state index is 11.9. The zero-order valence-electron chi connectivity index (χ0n) is 11.9. The molecule has 1 aliphatic heterocycles. The van der Waals surface area contributed by atoms with E-state index >= 15 is 0 Å². The van der Waals surface area contributed by atoms with Crippen molar-refractivity contribution in [2.75, 3.05) is 6.79 Å². The number of rotatable bonds is 7. The Labute approximate surface area is 123 Å². The molecule has 0 fully saturated rings. The lowest BCUT2D eigenvalue weighted by Crippen LogP contribution is -2.41. The Bertz CT molecular complexity index is 529. The van der Waals surface area contributed by atoms with Crippen LogP contribution in [-0.4, -0.2) is 29.8 Å². The van der Waals surface area contributed by atoms with Crippen LogP contribution in [0.4, 0.5) is 0 Å². The van der Waals surface area contributed by atoms with Gasteiger partial charge in [0.1, 0.15) is 6.04 Å². The SMILES string of the molecule is CCCCC(NC(=O)Cc1ccc2c(c1)OCO2)C(=O)O. The molecule has 0 radical (unpaired) electrons. The summed E-state index contributed by atoms with van der Waals surface area (Å²) in [6, 6.07) is 4.43. The van der Waals surface area contributed by atoms with E-state index in [4.69, 9.17) is 14.6 Å². The number of carboxylic acids is 1. The molecule has 6 heteroatoms. The Hall–Kier alpha value is -2.24. The minimum Gasteiger partial charge on any atom is -0.480 e. The third kappa shape index (κ3) is 4.11. The van der Waals surface area contributed by atoms with Crippen LogP contribution in [0.1, 0.15) is 31.7 Å². The Kier molecular flexibility index (Phi) is 5.03. The molecule has 6 nitrogen and oxygen atoms in total.